The van der Waals surface area contributed by atoms with Gasteiger partial charge in [-0.15, -0.1) is 0 Å². The van der Waals surface area contributed by atoms with Crippen LogP contribution in [0.5, 0.6) is 5.75 Å². The van der Waals surface area contributed by atoms with Crippen LogP contribution in [0.25, 0.3) is 0 Å². The molecule has 0 bridgehead atoms. The molecule has 2 atom stereocenters. The molecule has 0 saturated carbocycles. The molecule has 150 valence electrons. The second-order valence-electron chi connectivity index (χ2n) is 6.89. The fraction of sp³-hybridized carbons (Fsp3) is 0.316. The summed E-state index contributed by atoms with van der Waals surface area (Å²) in [6, 6.07) is 9.88. The third-order valence-electron chi connectivity index (χ3n) is 4.76. The highest BCUT2D eigenvalue weighted by atomic mass is 32.2. The maximum absolute atomic E-state index is 12.6. The lowest BCUT2D eigenvalue weighted by Crippen LogP contribution is -2.39. The van der Waals surface area contributed by atoms with Gasteiger partial charge >= 0.3 is 0 Å². The molecular weight excluding hydrogens is 380 g/mol. The lowest BCUT2D eigenvalue weighted by atomic mass is 10.0. The van der Waals surface area contributed by atoms with Crippen molar-refractivity contribution in [1.82, 2.24) is 10.9 Å². The quantitative estimate of drug-likeness (QED) is 0.599. The molecule has 1 aliphatic heterocycles. The van der Waals surface area contributed by atoms with Crippen molar-refractivity contribution in [2.45, 2.75) is 37.2 Å². The number of aryl methyl sites for hydroxylation is 2. The molecular formula is C19H24N4O4S. The van der Waals surface area contributed by atoms with Gasteiger partial charge in [0.25, 0.3) is 0 Å². The molecule has 0 aliphatic carbocycles. The number of hydrogen-bond donors (Lipinski definition) is 4. The van der Waals surface area contributed by atoms with Gasteiger partial charge in [0.05, 0.1) is 7.11 Å². The fourth-order valence-corrected chi connectivity index (χ4v) is 3.98. The Bertz CT molecular complexity index is 1010. The molecule has 0 aromatic heterocycles. The van der Waals surface area contributed by atoms with Gasteiger partial charge in [0.2, 0.25) is 15.9 Å². The predicted octanol–water partition coefficient (Wildman–Crippen LogP) is 1.51. The predicted molar refractivity (Wildman–Crippen MR) is 106 cm³/mol. The number of ether oxygens (including phenoxy) is 1. The molecule has 2 unspecified atom stereocenters. The van der Waals surface area contributed by atoms with Gasteiger partial charge in [0.1, 0.15) is 16.7 Å². The molecule has 1 aliphatic rings. The maximum Gasteiger partial charge on any atom is 0.242 e. The van der Waals surface area contributed by atoms with Gasteiger partial charge in [0, 0.05) is 11.7 Å². The van der Waals surface area contributed by atoms with Crippen molar-refractivity contribution in [3.63, 3.8) is 0 Å². The Hall–Kier alpha value is -2.46. The van der Waals surface area contributed by atoms with Crippen LogP contribution in [0.15, 0.2) is 41.3 Å². The highest BCUT2D eigenvalue weighted by molar-refractivity contribution is 7.89. The van der Waals surface area contributed by atoms with Gasteiger partial charge in [-0.25, -0.2) is 24.4 Å². The van der Waals surface area contributed by atoms with Crippen molar-refractivity contribution in [3.8, 4) is 5.75 Å². The Morgan fingerprint density at radius 2 is 1.93 bits per heavy atom. The monoisotopic (exact) mass is 404 g/mol. The van der Waals surface area contributed by atoms with E-state index in [1.165, 1.54) is 13.2 Å². The van der Waals surface area contributed by atoms with E-state index in [-0.39, 0.29) is 22.6 Å². The summed E-state index contributed by atoms with van der Waals surface area (Å²) in [6.45, 7) is 3.94. The van der Waals surface area contributed by atoms with Gasteiger partial charge in [-0.2, -0.15) is 0 Å². The molecule has 0 spiro atoms. The van der Waals surface area contributed by atoms with E-state index in [0.29, 0.717) is 12.0 Å². The highest BCUT2D eigenvalue weighted by Crippen LogP contribution is 2.30. The summed E-state index contributed by atoms with van der Waals surface area (Å²) in [6.07, 6.45) is 0.452. The summed E-state index contributed by atoms with van der Waals surface area (Å²) in [5, 5.41) is 8.21. The first kappa shape index (κ1) is 20.3. The molecule has 5 N–H and O–H groups in total. The highest BCUT2D eigenvalue weighted by Gasteiger charge is 2.31. The van der Waals surface area contributed by atoms with Crippen molar-refractivity contribution >= 4 is 21.6 Å². The molecule has 0 radical (unpaired) electrons. The number of nitrogens with two attached hydrogens (primary N) is 1. The van der Waals surface area contributed by atoms with E-state index in [1.54, 1.807) is 12.1 Å². The molecule has 1 amide bonds. The van der Waals surface area contributed by atoms with Gasteiger partial charge in [-0.1, -0.05) is 23.8 Å². The average molecular weight is 404 g/mol. The van der Waals surface area contributed by atoms with Crippen molar-refractivity contribution < 1.29 is 17.9 Å². The summed E-state index contributed by atoms with van der Waals surface area (Å²) in [4.78, 5) is 12.5. The SMILES string of the molecule is COc1ccc(C2CC(C(=O)Nc3ccc(C)cc3C)NN2)cc1S(N)(=O)=O. The standard InChI is InChI=1S/C19H24N4O4S/c1-11-4-6-14(12(2)8-11)21-19(24)16-10-15(22-23-16)13-5-7-17(27-3)18(9-13)28(20,25)26/h4-9,15-16,22-23H,10H2,1-3H3,(H,21,24)(H2,20,25,26). The van der Waals surface area contributed by atoms with E-state index < -0.39 is 16.1 Å². The average Bonchev–Trinajstić information content (AvgIpc) is 3.13. The van der Waals surface area contributed by atoms with E-state index in [2.05, 4.69) is 16.2 Å². The van der Waals surface area contributed by atoms with Crippen LogP contribution in [0.2, 0.25) is 0 Å². The number of hydrazine groups is 1. The zero-order valence-electron chi connectivity index (χ0n) is 15.9. The van der Waals surface area contributed by atoms with Crippen LogP contribution in [-0.2, 0) is 14.8 Å². The number of primary sulfonamides is 1. The third kappa shape index (κ3) is 4.33. The topological polar surface area (TPSA) is 123 Å². The van der Waals surface area contributed by atoms with Crippen molar-refractivity contribution in [2.24, 2.45) is 5.14 Å². The number of carbonyl (C=O) groups is 1. The number of anilines is 1. The van der Waals surface area contributed by atoms with Crippen LogP contribution in [0.4, 0.5) is 5.69 Å². The van der Waals surface area contributed by atoms with E-state index in [4.69, 9.17) is 9.88 Å². The summed E-state index contributed by atoms with van der Waals surface area (Å²) < 4.78 is 28.7. The largest absolute Gasteiger partial charge is 0.495 e. The Labute approximate surface area is 164 Å². The molecule has 2 aromatic rings. The normalized spacial score (nSPS) is 19.4. The number of carbonyl (C=O) groups excluding carboxylic acids is 1. The molecule has 2 aromatic carbocycles. The van der Waals surface area contributed by atoms with Crippen molar-refractivity contribution in [1.29, 1.82) is 0 Å². The Morgan fingerprint density at radius 3 is 2.57 bits per heavy atom. The summed E-state index contributed by atoms with van der Waals surface area (Å²) >= 11 is 0. The summed E-state index contributed by atoms with van der Waals surface area (Å²) in [5.74, 6) is 0.0171. The number of amides is 1. The van der Waals surface area contributed by atoms with Crippen LogP contribution < -0.4 is 26.0 Å². The van der Waals surface area contributed by atoms with Crippen LogP contribution in [0.1, 0.15) is 29.2 Å². The van der Waals surface area contributed by atoms with Gasteiger partial charge in [0.15, 0.2) is 0 Å². The first-order valence-corrected chi connectivity index (χ1v) is 10.3. The zero-order valence-corrected chi connectivity index (χ0v) is 16.8. The minimum Gasteiger partial charge on any atom is -0.495 e. The Balaban J connectivity index is 1.74. The lowest BCUT2D eigenvalue weighted by Gasteiger charge is -2.14. The van der Waals surface area contributed by atoms with E-state index in [1.807, 2.05) is 32.0 Å². The van der Waals surface area contributed by atoms with Crippen molar-refractivity contribution in [3.05, 3.63) is 53.1 Å². The second-order valence-corrected chi connectivity index (χ2v) is 8.42. The molecule has 28 heavy (non-hydrogen) atoms. The van der Waals surface area contributed by atoms with Crippen LogP contribution in [0, 0.1) is 13.8 Å². The molecule has 9 heteroatoms. The second kappa shape index (κ2) is 7.88. The number of methoxy groups -OCH3 is 1. The van der Waals surface area contributed by atoms with Gasteiger partial charge in [-0.3, -0.25) is 4.79 Å². The molecule has 3 rings (SSSR count). The lowest BCUT2D eigenvalue weighted by molar-refractivity contribution is -0.117. The number of hydrogen-bond acceptors (Lipinski definition) is 6. The van der Waals surface area contributed by atoms with Crippen molar-refractivity contribution in [2.75, 3.05) is 12.4 Å². The van der Waals surface area contributed by atoms with Gasteiger partial charge in [-0.05, 0) is 49.6 Å². The molecule has 1 fully saturated rings. The number of benzene rings is 2. The third-order valence-corrected chi connectivity index (χ3v) is 5.69. The van der Waals surface area contributed by atoms with Gasteiger partial charge < -0.3 is 10.1 Å². The van der Waals surface area contributed by atoms with E-state index >= 15 is 0 Å². The number of rotatable bonds is 5. The van der Waals surface area contributed by atoms with E-state index in [0.717, 1.165) is 16.8 Å². The zero-order chi connectivity index (χ0) is 20.5. The number of nitrogens with one attached hydrogen (secondary N) is 3. The first-order chi connectivity index (χ1) is 13.2. The smallest absolute Gasteiger partial charge is 0.242 e. The molecule has 1 saturated heterocycles. The Kier molecular flexibility index (Phi) is 5.71. The first-order valence-electron chi connectivity index (χ1n) is 8.79. The summed E-state index contributed by atoms with van der Waals surface area (Å²) in [5.41, 5.74) is 9.59. The summed E-state index contributed by atoms with van der Waals surface area (Å²) in [7, 11) is -2.55. The molecule has 1 heterocycles. The van der Waals surface area contributed by atoms with Crippen LogP contribution in [-0.4, -0.2) is 27.5 Å². The maximum atomic E-state index is 12.6. The Morgan fingerprint density at radius 1 is 1.18 bits per heavy atom. The minimum absolute atomic E-state index is 0.0857. The van der Waals surface area contributed by atoms with E-state index in [9.17, 15) is 13.2 Å². The van der Waals surface area contributed by atoms with Crippen LogP contribution in [0.3, 0.4) is 0 Å². The fourth-order valence-electron chi connectivity index (χ4n) is 3.25. The minimum atomic E-state index is -3.93. The molecule has 8 nitrogen and oxygen atoms in total. The number of sulfonamides is 1. The van der Waals surface area contributed by atoms with Crippen LogP contribution >= 0.6 is 0 Å².